The van der Waals surface area contributed by atoms with Gasteiger partial charge in [0, 0.05) is 64.6 Å². The Morgan fingerprint density at radius 2 is 2.07 bits per heavy atom. The first-order chi connectivity index (χ1) is 14.2. The molecule has 3 rings (SSSR count). The summed E-state index contributed by atoms with van der Waals surface area (Å²) in [5, 5.41) is 6.84. The van der Waals surface area contributed by atoms with Gasteiger partial charge in [0.2, 0.25) is 0 Å². The summed E-state index contributed by atoms with van der Waals surface area (Å²) < 4.78 is 11.4. The van der Waals surface area contributed by atoms with Crippen LogP contribution in [-0.2, 0) is 16.0 Å². The van der Waals surface area contributed by atoms with E-state index in [2.05, 4.69) is 50.3 Å². The summed E-state index contributed by atoms with van der Waals surface area (Å²) >= 11 is 0. The van der Waals surface area contributed by atoms with E-state index in [1.165, 1.54) is 0 Å². The third-order valence-corrected chi connectivity index (χ3v) is 5.19. The lowest BCUT2D eigenvalue weighted by molar-refractivity contribution is -0.0284. The number of morpholine rings is 2. The zero-order valence-corrected chi connectivity index (χ0v) is 18.1. The predicted octanol–water partition coefficient (Wildman–Crippen LogP) is 0.940. The van der Waals surface area contributed by atoms with Crippen molar-refractivity contribution in [3.63, 3.8) is 0 Å². The number of aromatic nitrogens is 1. The average molecular weight is 405 g/mol. The third-order valence-electron chi connectivity index (χ3n) is 5.19. The number of hydrogen-bond donors (Lipinski definition) is 2. The molecular weight excluding hydrogens is 368 g/mol. The molecule has 29 heavy (non-hydrogen) atoms. The highest BCUT2D eigenvalue weighted by molar-refractivity contribution is 5.79. The lowest BCUT2D eigenvalue weighted by atomic mass is 10.2. The number of aliphatic imine (C=N–C) groups is 1. The van der Waals surface area contributed by atoms with Gasteiger partial charge in [-0.05, 0) is 12.0 Å². The maximum Gasteiger partial charge on any atom is 0.191 e. The van der Waals surface area contributed by atoms with Gasteiger partial charge in [0.05, 0.1) is 25.9 Å². The van der Waals surface area contributed by atoms with Crippen molar-refractivity contribution in [2.45, 2.75) is 26.5 Å². The van der Waals surface area contributed by atoms with E-state index in [9.17, 15) is 0 Å². The Hall–Kier alpha value is -1.90. The van der Waals surface area contributed by atoms with Crippen molar-refractivity contribution in [1.29, 1.82) is 0 Å². The van der Waals surface area contributed by atoms with Crippen LogP contribution in [0.1, 0.15) is 19.4 Å². The van der Waals surface area contributed by atoms with Crippen molar-refractivity contribution < 1.29 is 9.47 Å². The number of ether oxygens (including phenoxy) is 2. The number of hydrogen-bond acceptors (Lipinski definition) is 6. The van der Waals surface area contributed by atoms with E-state index in [1.54, 1.807) is 7.05 Å². The Labute approximate surface area is 174 Å². The minimum absolute atomic E-state index is 0.184. The molecule has 0 aliphatic carbocycles. The van der Waals surface area contributed by atoms with Crippen LogP contribution in [0.5, 0.6) is 0 Å². The SMILES string of the molecule is CN=C(NCc1cccnc1N1CCOCC1)NCC1CN(CC(C)C)CCO1. The van der Waals surface area contributed by atoms with Gasteiger partial charge in [-0.15, -0.1) is 0 Å². The molecule has 2 fully saturated rings. The Morgan fingerprint density at radius 1 is 1.24 bits per heavy atom. The molecule has 8 heteroatoms. The van der Waals surface area contributed by atoms with Crippen LogP contribution in [0.4, 0.5) is 5.82 Å². The Kier molecular flexibility index (Phi) is 8.52. The number of nitrogens with zero attached hydrogens (tertiary/aromatic N) is 4. The summed E-state index contributed by atoms with van der Waals surface area (Å²) in [6.07, 6.45) is 2.04. The molecule has 3 heterocycles. The summed E-state index contributed by atoms with van der Waals surface area (Å²) in [4.78, 5) is 13.7. The molecule has 0 aromatic carbocycles. The minimum atomic E-state index is 0.184. The molecule has 1 aromatic rings. The smallest absolute Gasteiger partial charge is 0.191 e. The predicted molar refractivity (Wildman–Crippen MR) is 116 cm³/mol. The molecule has 0 radical (unpaired) electrons. The second-order valence-electron chi connectivity index (χ2n) is 8.04. The van der Waals surface area contributed by atoms with Crippen LogP contribution in [0, 0.1) is 5.92 Å². The quantitative estimate of drug-likeness (QED) is 0.518. The third kappa shape index (κ3) is 6.83. The van der Waals surface area contributed by atoms with Crippen LogP contribution < -0.4 is 15.5 Å². The normalized spacial score (nSPS) is 21.4. The van der Waals surface area contributed by atoms with Crippen LogP contribution in [0.15, 0.2) is 23.3 Å². The standard InChI is InChI=1S/C21H36N6O2/c1-17(2)15-26-7-12-29-19(16-26)14-25-21(22-3)24-13-18-5-4-6-23-20(18)27-8-10-28-11-9-27/h4-6,17,19H,7-16H2,1-3H3,(H2,22,24,25). The molecule has 2 aliphatic heterocycles. The van der Waals surface area contributed by atoms with Crippen molar-refractivity contribution >= 4 is 11.8 Å². The van der Waals surface area contributed by atoms with E-state index in [-0.39, 0.29) is 6.10 Å². The maximum absolute atomic E-state index is 5.93. The molecule has 1 aromatic heterocycles. The van der Waals surface area contributed by atoms with Gasteiger partial charge in [-0.25, -0.2) is 4.98 Å². The molecule has 0 bridgehead atoms. The second kappa shape index (κ2) is 11.3. The van der Waals surface area contributed by atoms with Crippen molar-refractivity contribution in [2.75, 3.05) is 71.0 Å². The van der Waals surface area contributed by atoms with E-state index in [1.807, 2.05) is 12.3 Å². The van der Waals surface area contributed by atoms with Crippen LogP contribution in [0.2, 0.25) is 0 Å². The van der Waals surface area contributed by atoms with Crippen molar-refractivity contribution in [2.24, 2.45) is 10.9 Å². The molecule has 2 N–H and O–H groups in total. The molecule has 1 atom stereocenters. The van der Waals surface area contributed by atoms with Crippen LogP contribution in [0.3, 0.4) is 0 Å². The Balaban J connectivity index is 1.48. The van der Waals surface area contributed by atoms with E-state index in [4.69, 9.17) is 9.47 Å². The van der Waals surface area contributed by atoms with E-state index in [0.717, 1.165) is 76.4 Å². The van der Waals surface area contributed by atoms with Gasteiger partial charge in [-0.1, -0.05) is 19.9 Å². The second-order valence-corrected chi connectivity index (χ2v) is 8.04. The van der Waals surface area contributed by atoms with Gasteiger partial charge in [0.15, 0.2) is 5.96 Å². The fourth-order valence-corrected chi connectivity index (χ4v) is 3.82. The van der Waals surface area contributed by atoms with E-state index >= 15 is 0 Å². The zero-order chi connectivity index (χ0) is 20.5. The van der Waals surface area contributed by atoms with E-state index < -0.39 is 0 Å². The zero-order valence-electron chi connectivity index (χ0n) is 18.1. The minimum Gasteiger partial charge on any atom is -0.378 e. The monoisotopic (exact) mass is 404 g/mol. The number of rotatable bonds is 7. The van der Waals surface area contributed by atoms with Gasteiger partial charge in [-0.2, -0.15) is 0 Å². The number of nitrogens with one attached hydrogen (secondary N) is 2. The molecule has 1 unspecified atom stereocenters. The first kappa shape index (κ1) is 21.8. The maximum atomic E-state index is 5.93. The fourth-order valence-electron chi connectivity index (χ4n) is 3.82. The lowest BCUT2D eigenvalue weighted by Crippen LogP contribution is -2.50. The number of anilines is 1. The summed E-state index contributed by atoms with van der Waals surface area (Å²) in [6, 6.07) is 4.10. The first-order valence-electron chi connectivity index (χ1n) is 10.7. The van der Waals surface area contributed by atoms with Gasteiger partial charge < -0.3 is 25.0 Å². The fraction of sp³-hybridized carbons (Fsp3) is 0.714. The van der Waals surface area contributed by atoms with Gasteiger partial charge >= 0.3 is 0 Å². The number of pyridine rings is 1. The molecule has 0 saturated carbocycles. The van der Waals surface area contributed by atoms with Crippen LogP contribution >= 0.6 is 0 Å². The first-order valence-corrected chi connectivity index (χ1v) is 10.7. The highest BCUT2D eigenvalue weighted by Gasteiger charge is 2.21. The summed E-state index contributed by atoms with van der Waals surface area (Å²) in [7, 11) is 1.80. The molecule has 8 nitrogen and oxygen atoms in total. The highest BCUT2D eigenvalue weighted by Crippen LogP contribution is 2.18. The van der Waals surface area contributed by atoms with Gasteiger partial charge in [0.1, 0.15) is 5.82 Å². The largest absolute Gasteiger partial charge is 0.378 e. The van der Waals surface area contributed by atoms with Gasteiger partial charge in [-0.3, -0.25) is 9.89 Å². The molecule has 2 aliphatic rings. The van der Waals surface area contributed by atoms with Crippen molar-refractivity contribution in [3.8, 4) is 0 Å². The molecule has 0 amide bonds. The summed E-state index contributed by atoms with van der Waals surface area (Å²) in [6.45, 7) is 13.1. The molecule has 2 saturated heterocycles. The highest BCUT2D eigenvalue weighted by atomic mass is 16.5. The topological polar surface area (TPSA) is 74.2 Å². The van der Waals surface area contributed by atoms with Crippen LogP contribution in [0.25, 0.3) is 0 Å². The van der Waals surface area contributed by atoms with E-state index in [0.29, 0.717) is 12.5 Å². The summed E-state index contributed by atoms with van der Waals surface area (Å²) in [5.74, 6) is 2.49. The van der Waals surface area contributed by atoms with Crippen molar-refractivity contribution in [3.05, 3.63) is 23.9 Å². The molecular formula is C21H36N6O2. The summed E-state index contributed by atoms with van der Waals surface area (Å²) in [5.41, 5.74) is 1.16. The Morgan fingerprint density at radius 3 is 2.83 bits per heavy atom. The average Bonchev–Trinajstić information content (AvgIpc) is 2.74. The van der Waals surface area contributed by atoms with Gasteiger partial charge in [0.25, 0.3) is 0 Å². The molecule has 162 valence electrons. The van der Waals surface area contributed by atoms with Crippen LogP contribution in [-0.4, -0.2) is 88.1 Å². The molecule has 0 spiro atoms. The number of guanidine groups is 1. The lowest BCUT2D eigenvalue weighted by Gasteiger charge is -2.34. The Bertz CT molecular complexity index is 648. The van der Waals surface area contributed by atoms with Crippen molar-refractivity contribution in [1.82, 2.24) is 20.5 Å².